The summed E-state index contributed by atoms with van der Waals surface area (Å²) in [4.78, 5) is 34.1. The summed E-state index contributed by atoms with van der Waals surface area (Å²) < 4.78 is 1.07. The summed E-state index contributed by atoms with van der Waals surface area (Å²) in [6.45, 7) is 3.24. The van der Waals surface area contributed by atoms with E-state index in [-0.39, 0.29) is 11.4 Å². The zero-order valence-electron chi connectivity index (χ0n) is 12.0. The molecule has 1 heterocycles. The molecule has 1 aromatic heterocycles. The van der Waals surface area contributed by atoms with Crippen molar-refractivity contribution in [2.45, 2.75) is 19.9 Å². The number of hydrogen-bond donors (Lipinski definition) is 1. The third kappa shape index (κ3) is 3.35. The first-order valence-corrected chi connectivity index (χ1v) is 6.50. The van der Waals surface area contributed by atoms with E-state index in [1.807, 2.05) is 0 Å². The number of aryl methyl sites for hydroxylation is 1. The minimum atomic E-state index is -0.841. The van der Waals surface area contributed by atoms with E-state index in [1.165, 1.54) is 37.3 Å². The number of amides is 1. The number of nitro benzene ring substituents is 1. The zero-order valence-corrected chi connectivity index (χ0v) is 12.0. The van der Waals surface area contributed by atoms with Gasteiger partial charge in [-0.05, 0) is 26.0 Å². The van der Waals surface area contributed by atoms with Gasteiger partial charge in [-0.3, -0.25) is 19.7 Å². The molecule has 0 saturated carbocycles. The molecule has 0 aliphatic heterocycles. The zero-order chi connectivity index (χ0) is 16.3. The van der Waals surface area contributed by atoms with Gasteiger partial charge in [-0.15, -0.1) is 0 Å². The summed E-state index contributed by atoms with van der Waals surface area (Å²) in [7, 11) is 0. The molecule has 0 fully saturated rings. The maximum Gasteiger partial charge on any atom is 0.271 e. The molecule has 0 bridgehead atoms. The van der Waals surface area contributed by atoms with Gasteiger partial charge in [0.1, 0.15) is 6.04 Å². The van der Waals surface area contributed by atoms with Crippen molar-refractivity contribution < 1.29 is 9.72 Å². The van der Waals surface area contributed by atoms with Crippen molar-refractivity contribution in [1.82, 2.24) is 9.78 Å². The number of nitrogens with zero attached hydrogens (tertiary/aromatic N) is 3. The second-order valence-electron chi connectivity index (χ2n) is 4.73. The van der Waals surface area contributed by atoms with Crippen LogP contribution in [0.25, 0.3) is 0 Å². The molecule has 8 nitrogen and oxygen atoms in total. The fourth-order valence-electron chi connectivity index (χ4n) is 1.85. The average Bonchev–Trinajstić information content (AvgIpc) is 2.49. The smallest absolute Gasteiger partial charge is 0.271 e. The number of nitro groups is 1. The van der Waals surface area contributed by atoms with Crippen molar-refractivity contribution in [1.29, 1.82) is 0 Å². The van der Waals surface area contributed by atoms with Gasteiger partial charge in [0.25, 0.3) is 11.2 Å². The Hall–Kier alpha value is -3.03. The van der Waals surface area contributed by atoms with Gasteiger partial charge >= 0.3 is 0 Å². The van der Waals surface area contributed by atoms with Crippen molar-refractivity contribution in [2.24, 2.45) is 0 Å². The molecule has 1 unspecified atom stereocenters. The van der Waals surface area contributed by atoms with Crippen LogP contribution >= 0.6 is 0 Å². The molecule has 0 radical (unpaired) electrons. The normalized spacial score (nSPS) is 11.7. The maximum atomic E-state index is 12.2. The maximum absolute atomic E-state index is 12.2. The van der Waals surface area contributed by atoms with Gasteiger partial charge in [-0.2, -0.15) is 5.10 Å². The molecule has 0 saturated heterocycles. The lowest BCUT2D eigenvalue weighted by Gasteiger charge is -2.14. The van der Waals surface area contributed by atoms with Crippen LogP contribution in [-0.2, 0) is 4.79 Å². The SMILES string of the molecule is Cc1ccc(=O)n(C(C)C(=O)Nc2cccc([N+](=O)[O-])c2)n1. The van der Waals surface area contributed by atoms with Crippen LogP contribution in [0.5, 0.6) is 0 Å². The second-order valence-corrected chi connectivity index (χ2v) is 4.73. The first-order chi connectivity index (χ1) is 10.4. The molecule has 0 aliphatic rings. The lowest BCUT2D eigenvalue weighted by atomic mass is 10.2. The topological polar surface area (TPSA) is 107 Å². The van der Waals surface area contributed by atoms with Crippen LogP contribution in [0.4, 0.5) is 11.4 Å². The van der Waals surface area contributed by atoms with Crippen molar-refractivity contribution in [3.63, 3.8) is 0 Å². The minimum Gasteiger partial charge on any atom is -0.324 e. The molecule has 114 valence electrons. The van der Waals surface area contributed by atoms with Gasteiger partial charge in [0.2, 0.25) is 5.91 Å². The predicted octanol–water partition coefficient (Wildman–Crippen LogP) is 1.66. The van der Waals surface area contributed by atoms with Gasteiger partial charge in [0, 0.05) is 23.9 Å². The van der Waals surface area contributed by atoms with Gasteiger partial charge < -0.3 is 5.32 Å². The Morgan fingerprint density at radius 1 is 1.36 bits per heavy atom. The van der Waals surface area contributed by atoms with Crippen LogP contribution in [0.1, 0.15) is 18.7 Å². The number of aromatic nitrogens is 2. The Bertz CT molecular complexity index is 784. The number of nitrogens with one attached hydrogen (secondary N) is 1. The Morgan fingerprint density at radius 3 is 2.77 bits per heavy atom. The highest BCUT2D eigenvalue weighted by molar-refractivity contribution is 5.93. The summed E-state index contributed by atoms with van der Waals surface area (Å²) in [5.74, 6) is -0.485. The lowest BCUT2D eigenvalue weighted by Crippen LogP contribution is -2.33. The fourth-order valence-corrected chi connectivity index (χ4v) is 1.85. The monoisotopic (exact) mass is 302 g/mol. The highest BCUT2D eigenvalue weighted by Gasteiger charge is 2.18. The van der Waals surface area contributed by atoms with Gasteiger partial charge in [0.15, 0.2) is 0 Å². The molecule has 8 heteroatoms. The van der Waals surface area contributed by atoms with Crippen LogP contribution in [-0.4, -0.2) is 20.6 Å². The number of carbonyl (C=O) groups excluding carboxylic acids is 1. The number of rotatable bonds is 4. The Balaban J connectivity index is 2.21. The lowest BCUT2D eigenvalue weighted by molar-refractivity contribution is -0.384. The molecule has 0 aliphatic carbocycles. The molecule has 1 N–H and O–H groups in total. The average molecular weight is 302 g/mol. The summed E-state index contributed by atoms with van der Waals surface area (Å²) in [5, 5.41) is 17.3. The quantitative estimate of drug-likeness (QED) is 0.682. The molecule has 1 atom stereocenters. The number of non-ortho nitro benzene ring substituents is 1. The molecular formula is C14H14N4O4. The molecule has 2 aromatic rings. The molecule has 22 heavy (non-hydrogen) atoms. The van der Waals surface area contributed by atoms with E-state index < -0.39 is 22.4 Å². The second kappa shape index (κ2) is 6.17. The largest absolute Gasteiger partial charge is 0.324 e. The minimum absolute atomic E-state index is 0.128. The third-order valence-electron chi connectivity index (χ3n) is 3.03. The number of benzene rings is 1. The third-order valence-corrected chi connectivity index (χ3v) is 3.03. The van der Waals surface area contributed by atoms with Crippen LogP contribution in [0.15, 0.2) is 41.2 Å². The molecule has 2 rings (SSSR count). The van der Waals surface area contributed by atoms with Gasteiger partial charge in [-0.25, -0.2) is 4.68 Å². The van der Waals surface area contributed by atoms with E-state index in [0.717, 1.165) is 4.68 Å². The predicted molar refractivity (Wildman–Crippen MR) is 79.7 cm³/mol. The molecule has 0 spiro atoms. The number of hydrogen-bond acceptors (Lipinski definition) is 5. The van der Waals surface area contributed by atoms with E-state index in [2.05, 4.69) is 10.4 Å². The first-order valence-electron chi connectivity index (χ1n) is 6.50. The Labute approximate surface area is 125 Å². The Morgan fingerprint density at radius 2 is 2.09 bits per heavy atom. The molecule has 1 aromatic carbocycles. The highest BCUT2D eigenvalue weighted by Crippen LogP contribution is 2.18. The van der Waals surface area contributed by atoms with Gasteiger partial charge in [-0.1, -0.05) is 6.07 Å². The summed E-state index contributed by atoms with van der Waals surface area (Å²) in [6, 6.07) is 7.62. The van der Waals surface area contributed by atoms with Crippen LogP contribution in [0, 0.1) is 17.0 Å². The molecular weight excluding hydrogens is 288 g/mol. The van der Waals surface area contributed by atoms with Crippen molar-refractivity contribution >= 4 is 17.3 Å². The number of carbonyl (C=O) groups is 1. The van der Waals surface area contributed by atoms with Crippen molar-refractivity contribution in [3.8, 4) is 0 Å². The van der Waals surface area contributed by atoms with E-state index in [4.69, 9.17) is 0 Å². The summed E-state index contributed by atoms with van der Waals surface area (Å²) in [5.41, 5.74) is 0.366. The van der Waals surface area contributed by atoms with Crippen molar-refractivity contribution in [3.05, 3.63) is 62.6 Å². The van der Waals surface area contributed by atoms with E-state index >= 15 is 0 Å². The van der Waals surface area contributed by atoms with Gasteiger partial charge in [0.05, 0.1) is 10.6 Å². The van der Waals surface area contributed by atoms with Crippen molar-refractivity contribution in [2.75, 3.05) is 5.32 Å². The van der Waals surface area contributed by atoms with Crippen LogP contribution in [0.2, 0.25) is 0 Å². The van der Waals surface area contributed by atoms with E-state index in [1.54, 1.807) is 13.0 Å². The Kier molecular flexibility index (Phi) is 4.31. The van der Waals surface area contributed by atoms with Crippen LogP contribution < -0.4 is 10.9 Å². The van der Waals surface area contributed by atoms with E-state index in [0.29, 0.717) is 5.69 Å². The fraction of sp³-hybridized carbons (Fsp3) is 0.214. The summed E-state index contributed by atoms with van der Waals surface area (Å²) >= 11 is 0. The van der Waals surface area contributed by atoms with E-state index in [9.17, 15) is 19.7 Å². The standard InChI is InChI=1S/C14H14N4O4/c1-9-6-7-13(19)17(16-9)10(2)14(20)15-11-4-3-5-12(8-11)18(21)22/h3-8,10H,1-2H3,(H,15,20). The highest BCUT2D eigenvalue weighted by atomic mass is 16.6. The first kappa shape index (κ1) is 15.4. The molecule has 1 amide bonds. The summed E-state index contributed by atoms with van der Waals surface area (Å²) in [6.07, 6.45) is 0. The number of anilines is 1. The van der Waals surface area contributed by atoms with Crippen LogP contribution in [0.3, 0.4) is 0 Å².